The van der Waals surface area contributed by atoms with E-state index >= 15 is 0 Å². The summed E-state index contributed by atoms with van der Waals surface area (Å²) in [7, 11) is 0. The molecule has 7 nitrogen and oxygen atoms in total. The minimum absolute atomic E-state index is 0.126. The zero-order valence-corrected chi connectivity index (χ0v) is 11.9. The van der Waals surface area contributed by atoms with E-state index in [4.69, 9.17) is 0 Å². The van der Waals surface area contributed by atoms with E-state index in [9.17, 15) is 19.5 Å². The standard InChI is InChI=1S/C13H23N3O4/c1-2-14-11(17)7-8-15-13(20)16-9-5-3-4-6-10(16)12(18)19/h10H,2-9H2,1H3,(H,14,17)(H,15,20)(H,18,19). The van der Waals surface area contributed by atoms with Crippen molar-refractivity contribution in [3.8, 4) is 0 Å². The number of hydrogen-bond acceptors (Lipinski definition) is 3. The Morgan fingerprint density at radius 3 is 2.60 bits per heavy atom. The molecule has 1 aliphatic rings. The predicted octanol–water partition coefficient (Wildman–Crippen LogP) is 0.551. The molecule has 1 heterocycles. The van der Waals surface area contributed by atoms with Gasteiger partial charge in [0.15, 0.2) is 0 Å². The molecule has 3 amide bonds. The molecule has 1 rings (SSSR count). The van der Waals surface area contributed by atoms with Gasteiger partial charge < -0.3 is 20.6 Å². The highest BCUT2D eigenvalue weighted by atomic mass is 16.4. The number of urea groups is 1. The molecule has 1 atom stereocenters. The topological polar surface area (TPSA) is 98.7 Å². The van der Waals surface area contributed by atoms with Crippen LogP contribution in [-0.4, -0.2) is 53.6 Å². The minimum atomic E-state index is -0.967. The molecule has 7 heteroatoms. The summed E-state index contributed by atoms with van der Waals surface area (Å²) >= 11 is 0. The zero-order valence-electron chi connectivity index (χ0n) is 11.9. The van der Waals surface area contributed by atoms with Crippen molar-refractivity contribution in [2.45, 2.75) is 45.1 Å². The molecule has 0 bridgehead atoms. The lowest BCUT2D eigenvalue weighted by Gasteiger charge is -2.27. The third-order valence-electron chi connectivity index (χ3n) is 3.30. The lowest BCUT2D eigenvalue weighted by Crippen LogP contribution is -2.49. The van der Waals surface area contributed by atoms with Gasteiger partial charge in [0.25, 0.3) is 0 Å². The number of hydrogen-bond donors (Lipinski definition) is 3. The van der Waals surface area contributed by atoms with E-state index < -0.39 is 18.0 Å². The van der Waals surface area contributed by atoms with Gasteiger partial charge in [-0.05, 0) is 19.8 Å². The monoisotopic (exact) mass is 285 g/mol. The maximum absolute atomic E-state index is 12.0. The highest BCUT2D eigenvalue weighted by Crippen LogP contribution is 2.17. The Labute approximate surface area is 118 Å². The highest BCUT2D eigenvalue weighted by Gasteiger charge is 2.30. The molecule has 0 aromatic rings. The van der Waals surface area contributed by atoms with E-state index in [-0.39, 0.29) is 18.9 Å². The van der Waals surface area contributed by atoms with Crippen LogP contribution < -0.4 is 10.6 Å². The average Bonchev–Trinajstić information content (AvgIpc) is 2.64. The molecule has 0 spiro atoms. The van der Waals surface area contributed by atoms with Gasteiger partial charge in [-0.15, -0.1) is 0 Å². The first-order chi connectivity index (χ1) is 9.56. The van der Waals surface area contributed by atoms with Gasteiger partial charge in [0.2, 0.25) is 5.91 Å². The Morgan fingerprint density at radius 1 is 1.20 bits per heavy atom. The van der Waals surface area contributed by atoms with E-state index in [1.54, 1.807) is 0 Å². The molecule has 1 aliphatic heterocycles. The normalized spacial score (nSPS) is 19.1. The molecule has 3 N–H and O–H groups in total. The van der Waals surface area contributed by atoms with Crippen LogP contribution in [0.3, 0.4) is 0 Å². The fraction of sp³-hybridized carbons (Fsp3) is 0.769. The van der Waals surface area contributed by atoms with Crippen molar-refractivity contribution in [3.63, 3.8) is 0 Å². The molecule has 20 heavy (non-hydrogen) atoms. The van der Waals surface area contributed by atoms with Crippen LogP contribution in [0.15, 0.2) is 0 Å². The number of likely N-dealkylation sites (tertiary alicyclic amines) is 1. The molecule has 0 saturated carbocycles. The third-order valence-corrected chi connectivity index (χ3v) is 3.30. The van der Waals surface area contributed by atoms with Gasteiger partial charge in [0.05, 0.1) is 0 Å². The smallest absolute Gasteiger partial charge is 0.326 e. The van der Waals surface area contributed by atoms with Crippen LogP contribution in [0.1, 0.15) is 39.0 Å². The highest BCUT2D eigenvalue weighted by molar-refractivity contribution is 5.83. The fourth-order valence-electron chi connectivity index (χ4n) is 2.28. The minimum Gasteiger partial charge on any atom is -0.480 e. The van der Waals surface area contributed by atoms with Crippen molar-refractivity contribution in [1.29, 1.82) is 0 Å². The van der Waals surface area contributed by atoms with Crippen molar-refractivity contribution < 1.29 is 19.5 Å². The first kappa shape index (κ1) is 16.3. The quantitative estimate of drug-likeness (QED) is 0.687. The second kappa shape index (κ2) is 8.39. The van der Waals surface area contributed by atoms with E-state index in [1.807, 2.05) is 6.92 Å². The largest absolute Gasteiger partial charge is 0.480 e. The van der Waals surface area contributed by atoms with Gasteiger partial charge in [0, 0.05) is 26.1 Å². The van der Waals surface area contributed by atoms with Gasteiger partial charge in [-0.3, -0.25) is 4.79 Å². The Kier molecular flexibility index (Phi) is 6.83. The van der Waals surface area contributed by atoms with E-state index in [0.29, 0.717) is 19.5 Å². The van der Waals surface area contributed by atoms with Crippen LogP contribution >= 0.6 is 0 Å². The molecule has 0 aliphatic carbocycles. The fourth-order valence-corrected chi connectivity index (χ4v) is 2.28. The van der Waals surface area contributed by atoms with Gasteiger partial charge in [0.1, 0.15) is 6.04 Å². The summed E-state index contributed by atoms with van der Waals surface area (Å²) in [6.45, 7) is 3.04. The van der Waals surface area contributed by atoms with Gasteiger partial charge in [-0.2, -0.15) is 0 Å². The second-order valence-electron chi connectivity index (χ2n) is 4.83. The molecule has 114 valence electrons. The molecule has 0 aromatic carbocycles. The van der Waals surface area contributed by atoms with E-state index in [0.717, 1.165) is 19.3 Å². The summed E-state index contributed by atoms with van der Waals surface area (Å²) in [4.78, 5) is 35.9. The molecular formula is C13H23N3O4. The first-order valence-electron chi connectivity index (χ1n) is 7.10. The van der Waals surface area contributed by atoms with Crippen LogP contribution in [-0.2, 0) is 9.59 Å². The molecular weight excluding hydrogens is 262 g/mol. The molecule has 1 fully saturated rings. The number of carbonyl (C=O) groups is 3. The number of amides is 3. The van der Waals surface area contributed by atoms with Crippen molar-refractivity contribution in [1.82, 2.24) is 15.5 Å². The van der Waals surface area contributed by atoms with Gasteiger partial charge in [-0.1, -0.05) is 12.8 Å². The first-order valence-corrected chi connectivity index (χ1v) is 7.10. The number of carboxylic acids is 1. The molecule has 0 aromatic heterocycles. The summed E-state index contributed by atoms with van der Waals surface area (Å²) in [6, 6.07) is -1.16. The summed E-state index contributed by atoms with van der Waals surface area (Å²) < 4.78 is 0. The van der Waals surface area contributed by atoms with Crippen molar-refractivity contribution in [3.05, 3.63) is 0 Å². The Hall–Kier alpha value is -1.79. The summed E-state index contributed by atoms with van der Waals surface area (Å²) in [6.07, 6.45) is 3.25. The number of nitrogens with zero attached hydrogens (tertiary/aromatic N) is 1. The van der Waals surface area contributed by atoms with Crippen LogP contribution in [0.4, 0.5) is 4.79 Å². The maximum Gasteiger partial charge on any atom is 0.326 e. The van der Waals surface area contributed by atoms with Crippen molar-refractivity contribution in [2.24, 2.45) is 0 Å². The average molecular weight is 285 g/mol. The number of nitrogens with one attached hydrogen (secondary N) is 2. The van der Waals surface area contributed by atoms with Gasteiger partial charge >= 0.3 is 12.0 Å². The third kappa shape index (κ3) is 5.07. The van der Waals surface area contributed by atoms with E-state index in [2.05, 4.69) is 10.6 Å². The number of carboxylic acid groups (broad SMARTS) is 1. The lowest BCUT2D eigenvalue weighted by molar-refractivity contribution is -0.142. The van der Waals surface area contributed by atoms with Crippen LogP contribution in [0.2, 0.25) is 0 Å². The molecule has 1 saturated heterocycles. The molecule has 1 unspecified atom stereocenters. The van der Waals surface area contributed by atoms with Crippen molar-refractivity contribution >= 4 is 17.9 Å². The lowest BCUT2D eigenvalue weighted by atomic mass is 10.1. The summed E-state index contributed by atoms with van der Waals surface area (Å²) in [5, 5.41) is 14.4. The van der Waals surface area contributed by atoms with Crippen LogP contribution in [0.5, 0.6) is 0 Å². The summed E-state index contributed by atoms with van der Waals surface area (Å²) in [5.74, 6) is -1.09. The van der Waals surface area contributed by atoms with Gasteiger partial charge in [-0.25, -0.2) is 9.59 Å². The second-order valence-corrected chi connectivity index (χ2v) is 4.83. The Balaban J connectivity index is 2.46. The summed E-state index contributed by atoms with van der Waals surface area (Å²) in [5.41, 5.74) is 0. The predicted molar refractivity (Wildman–Crippen MR) is 73.3 cm³/mol. The zero-order chi connectivity index (χ0) is 15.0. The number of carbonyl (C=O) groups excluding carboxylic acids is 2. The molecule has 0 radical (unpaired) electrons. The number of aliphatic carboxylic acids is 1. The van der Waals surface area contributed by atoms with Crippen LogP contribution in [0.25, 0.3) is 0 Å². The Bertz CT molecular complexity index is 360. The SMILES string of the molecule is CCNC(=O)CCNC(=O)N1CCCCCC1C(=O)O. The number of rotatable bonds is 5. The Morgan fingerprint density at radius 2 is 1.95 bits per heavy atom. The van der Waals surface area contributed by atoms with Crippen LogP contribution in [0, 0.1) is 0 Å². The van der Waals surface area contributed by atoms with Crippen molar-refractivity contribution in [2.75, 3.05) is 19.6 Å². The maximum atomic E-state index is 12.0. The van der Waals surface area contributed by atoms with E-state index in [1.165, 1.54) is 4.90 Å².